The van der Waals surface area contributed by atoms with Gasteiger partial charge in [0.05, 0.1) is 19.0 Å². The average Bonchev–Trinajstić information content (AvgIpc) is 2.46. The standard InChI is InChI=1S/C16H16BrIO2/c1-10-7-14(19-2)15(20-3)9-13(10)16(17)11-5-4-6-12(18)8-11/h4-9,16H,1-3H3. The summed E-state index contributed by atoms with van der Waals surface area (Å²) in [5.41, 5.74) is 3.58. The van der Waals surface area contributed by atoms with Crippen LogP contribution in [-0.4, -0.2) is 14.2 Å². The normalized spacial score (nSPS) is 12.1. The van der Waals surface area contributed by atoms with Gasteiger partial charge in [0, 0.05) is 3.57 Å². The Labute approximate surface area is 141 Å². The van der Waals surface area contributed by atoms with Crippen LogP contribution in [0.2, 0.25) is 0 Å². The molecule has 0 N–H and O–H groups in total. The Kier molecular flexibility index (Phi) is 5.32. The van der Waals surface area contributed by atoms with Gasteiger partial charge in [-0.05, 0) is 70.5 Å². The second-order valence-electron chi connectivity index (χ2n) is 4.48. The van der Waals surface area contributed by atoms with Crippen molar-refractivity contribution in [3.63, 3.8) is 0 Å². The largest absolute Gasteiger partial charge is 0.493 e. The molecule has 4 heteroatoms. The summed E-state index contributed by atoms with van der Waals surface area (Å²) in [7, 11) is 3.31. The Hall–Kier alpha value is -0.750. The maximum atomic E-state index is 5.39. The lowest BCUT2D eigenvalue weighted by atomic mass is 9.99. The van der Waals surface area contributed by atoms with Gasteiger partial charge in [-0.3, -0.25) is 0 Å². The number of hydrogen-bond acceptors (Lipinski definition) is 2. The van der Waals surface area contributed by atoms with Gasteiger partial charge in [0.15, 0.2) is 11.5 Å². The molecule has 1 unspecified atom stereocenters. The molecule has 0 heterocycles. The third-order valence-corrected chi connectivity index (χ3v) is 4.88. The van der Waals surface area contributed by atoms with Crippen molar-refractivity contribution in [3.8, 4) is 11.5 Å². The molecule has 0 aromatic heterocycles. The molecule has 0 saturated heterocycles. The molecule has 1 atom stereocenters. The number of rotatable bonds is 4. The zero-order valence-electron chi connectivity index (χ0n) is 11.6. The summed E-state index contributed by atoms with van der Waals surface area (Å²) < 4.78 is 12.0. The van der Waals surface area contributed by atoms with Gasteiger partial charge < -0.3 is 9.47 Å². The highest BCUT2D eigenvalue weighted by Crippen LogP contribution is 2.39. The summed E-state index contributed by atoms with van der Waals surface area (Å²) in [6.07, 6.45) is 0. The number of hydrogen-bond donors (Lipinski definition) is 0. The van der Waals surface area contributed by atoms with Crippen molar-refractivity contribution >= 4 is 38.5 Å². The van der Waals surface area contributed by atoms with E-state index in [1.54, 1.807) is 14.2 Å². The van der Waals surface area contributed by atoms with Gasteiger partial charge in [-0.25, -0.2) is 0 Å². The van der Waals surface area contributed by atoms with Gasteiger partial charge in [0.25, 0.3) is 0 Å². The first-order valence-electron chi connectivity index (χ1n) is 6.19. The molecule has 0 radical (unpaired) electrons. The van der Waals surface area contributed by atoms with E-state index in [-0.39, 0.29) is 4.83 Å². The molecule has 2 nitrogen and oxygen atoms in total. The number of ether oxygens (including phenoxy) is 2. The van der Waals surface area contributed by atoms with Gasteiger partial charge in [0.2, 0.25) is 0 Å². The first-order valence-corrected chi connectivity index (χ1v) is 8.18. The SMILES string of the molecule is COc1cc(C)c(C(Br)c2cccc(I)c2)cc1OC. The van der Waals surface area contributed by atoms with Crippen molar-refractivity contribution in [2.24, 2.45) is 0 Å². The van der Waals surface area contributed by atoms with Crippen LogP contribution >= 0.6 is 38.5 Å². The van der Waals surface area contributed by atoms with Crippen molar-refractivity contribution in [2.75, 3.05) is 14.2 Å². The van der Waals surface area contributed by atoms with E-state index < -0.39 is 0 Å². The zero-order valence-corrected chi connectivity index (χ0v) is 15.4. The molecule has 2 aromatic carbocycles. The maximum absolute atomic E-state index is 5.39. The summed E-state index contributed by atoms with van der Waals surface area (Å²) in [4.78, 5) is 0.136. The minimum absolute atomic E-state index is 0.136. The van der Waals surface area contributed by atoms with E-state index in [4.69, 9.17) is 9.47 Å². The predicted molar refractivity (Wildman–Crippen MR) is 94.2 cm³/mol. The topological polar surface area (TPSA) is 18.5 Å². The lowest BCUT2D eigenvalue weighted by Crippen LogP contribution is -1.99. The zero-order chi connectivity index (χ0) is 14.7. The highest BCUT2D eigenvalue weighted by atomic mass is 127. The number of alkyl halides is 1. The second kappa shape index (κ2) is 6.80. The van der Waals surface area contributed by atoms with Crippen LogP contribution in [0.25, 0.3) is 0 Å². The van der Waals surface area contributed by atoms with E-state index in [1.165, 1.54) is 20.3 Å². The summed E-state index contributed by atoms with van der Waals surface area (Å²) in [6.45, 7) is 2.08. The van der Waals surface area contributed by atoms with Crippen molar-refractivity contribution in [3.05, 3.63) is 56.7 Å². The van der Waals surface area contributed by atoms with Gasteiger partial charge in [-0.2, -0.15) is 0 Å². The Morgan fingerprint density at radius 2 is 1.70 bits per heavy atom. The van der Waals surface area contributed by atoms with Crippen molar-refractivity contribution in [1.29, 1.82) is 0 Å². The predicted octanol–water partition coefficient (Wildman–Crippen LogP) is 5.10. The van der Waals surface area contributed by atoms with Gasteiger partial charge >= 0.3 is 0 Å². The second-order valence-corrected chi connectivity index (χ2v) is 6.64. The van der Waals surface area contributed by atoms with E-state index in [0.717, 1.165) is 11.5 Å². The third-order valence-electron chi connectivity index (χ3n) is 3.19. The fourth-order valence-corrected chi connectivity index (χ4v) is 3.46. The van der Waals surface area contributed by atoms with Crippen LogP contribution < -0.4 is 9.47 Å². The van der Waals surface area contributed by atoms with E-state index in [1.807, 2.05) is 12.1 Å². The molecule has 0 aliphatic heterocycles. The van der Waals surface area contributed by atoms with Gasteiger partial charge in [-0.1, -0.05) is 28.1 Å². The van der Waals surface area contributed by atoms with Crippen LogP contribution in [-0.2, 0) is 0 Å². The first kappa shape index (κ1) is 15.6. The number of halogens is 2. The van der Waals surface area contributed by atoms with E-state index in [2.05, 4.69) is 69.7 Å². The maximum Gasteiger partial charge on any atom is 0.161 e. The summed E-state index contributed by atoms with van der Waals surface area (Å²) in [6, 6.07) is 12.5. The molecule has 0 saturated carbocycles. The number of benzene rings is 2. The average molecular weight is 447 g/mol. The van der Waals surface area contributed by atoms with Gasteiger partial charge in [0.1, 0.15) is 0 Å². The van der Waals surface area contributed by atoms with E-state index in [0.29, 0.717) is 0 Å². The van der Waals surface area contributed by atoms with Gasteiger partial charge in [-0.15, -0.1) is 0 Å². The van der Waals surface area contributed by atoms with Crippen LogP contribution in [0.15, 0.2) is 36.4 Å². The van der Waals surface area contributed by atoms with Crippen LogP contribution in [0.4, 0.5) is 0 Å². The molecule has 0 bridgehead atoms. The highest BCUT2D eigenvalue weighted by Gasteiger charge is 2.16. The third kappa shape index (κ3) is 3.28. The smallest absolute Gasteiger partial charge is 0.161 e. The number of aryl methyl sites for hydroxylation is 1. The molecule has 0 amide bonds. The van der Waals surface area contributed by atoms with Crippen molar-refractivity contribution in [1.82, 2.24) is 0 Å². The minimum atomic E-state index is 0.136. The Morgan fingerprint density at radius 3 is 2.30 bits per heavy atom. The van der Waals surface area contributed by atoms with Crippen LogP contribution in [0.5, 0.6) is 11.5 Å². The molecule has 20 heavy (non-hydrogen) atoms. The molecule has 0 aliphatic rings. The molecular weight excluding hydrogens is 431 g/mol. The first-order chi connectivity index (χ1) is 9.56. The van der Waals surface area contributed by atoms with E-state index in [9.17, 15) is 0 Å². The quantitative estimate of drug-likeness (QED) is 0.480. The monoisotopic (exact) mass is 446 g/mol. The van der Waals surface area contributed by atoms with Crippen LogP contribution in [0.1, 0.15) is 21.5 Å². The molecular formula is C16H16BrIO2. The molecule has 106 valence electrons. The summed E-state index contributed by atoms with van der Waals surface area (Å²) in [5, 5.41) is 0. The lowest BCUT2D eigenvalue weighted by molar-refractivity contribution is 0.354. The molecule has 2 aromatic rings. The Morgan fingerprint density at radius 1 is 1.05 bits per heavy atom. The van der Waals surface area contributed by atoms with E-state index >= 15 is 0 Å². The minimum Gasteiger partial charge on any atom is -0.493 e. The lowest BCUT2D eigenvalue weighted by Gasteiger charge is -2.17. The fourth-order valence-electron chi connectivity index (χ4n) is 2.11. The number of methoxy groups -OCH3 is 2. The Balaban J connectivity index is 2.46. The molecule has 0 aliphatic carbocycles. The Bertz CT molecular complexity index is 613. The summed E-state index contributed by atoms with van der Waals surface area (Å²) in [5.74, 6) is 1.51. The highest BCUT2D eigenvalue weighted by molar-refractivity contribution is 14.1. The molecule has 2 rings (SSSR count). The molecule has 0 spiro atoms. The van der Waals surface area contributed by atoms with Crippen molar-refractivity contribution < 1.29 is 9.47 Å². The van der Waals surface area contributed by atoms with Crippen LogP contribution in [0, 0.1) is 10.5 Å². The molecule has 0 fully saturated rings. The van der Waals surface area contributed by atoms with Crippen LogP contribution in [0.3, 0.4) is 0 Å². The van der Waals surface area contributed by atoms with Crippen molar-refractivity contribution in [2.45, 2.75) is 11.8 Å². The summed E-state index contributed by atoms with van der Waals surface area (Å²) >= 11 is 6.12. The fraction of sp³-hybridized carbons (Fsp3) is 0.250.